The molecule has 1 aromatic rings. The predicted molar refractivity (Wildman–Crippen MR) is 117 cm³/mol. The summed E-state index contributed by atoms with van der Waals surface area (Å²) >= 11 is 6.89. The zero-order valence-corrected chi connectivity index (χ0v) is 19.4. The number of carbonyl (C=O) groups is 1. The molecule has 2 aliphatic rings. The van der Waals surface area contributed by atoms with Gasteiger partial charge in [0.1, 0.15) is 5.69 Å². The molecular weight excluding hydrogens is 508 g/mol. The number of anilines is 1. The third-order valence-electron chi connectivity index (χ3n) is 4.67. The Balaban J connectivity index is 1.89. The molecule has 156 valence electrons. The lowest BCUT2D eigenvalue weighted by Crippen LogP contribution is -2.47. The summed E-state index contributed by atoms with van der Waals surface area (Å²) in [6.45, 7) is 2.82. The first-order chi connectivity index (χ1) is 13.9. The van der Waals surface area contributed by atoms with Gasteiger partial charge in [0.25, 0.3) is 11.4 Å². The monoisotopic (exact) mass is 529 g/mol. The van der Waals surface area contributed by atoms with Gasteiger partial charge in [-0.1, -0.05) is 12.2 Å². The van der Waals surface area contributed by atoms with E-state index in [0.717, 1.165) is 26.8 Å². The number of hydrogen-bond donors (Lipinski definition) is 2. The fraction of sp³-hybridized carbons (Fsp3) is 0.368. The van der Waals surface area contributed by atoms with E-state index in [2.05, 4.69) is 42.2 Å². The van der Waals surface area contributed by atoms with Crippen molar-refractivity contribution in [1.82, 2.24) is 9.80 Å². The molecule has 1 aliphatic heterocycles. The van der Waals surface area contributed by atoms with Crippen molar-refractivity contribution in [3.05, 3.63) is 45.1 Å². The summed E-state index contributed by atoms with van der Waals surface area (Å²) in [5, 5.41) is 11.0. The molecule has 3 rings (SSSR count). The minimum Gasteiger partial charge on any atom is -0.403 e. The van der Waals surface area contributed by atoms with Crippen molar-refractivity contribution in [3.8, 4) is 0 Å². The Labute approximate surface area is 186 Å². The Kier molecular flexibility index (Phi) is 7.33. The number of rotatable bonds is 4. The van der Waals surface area contributed by atoms with Crippen molar-refractivity contribution < 1.29 is 24.3 Å². The largest absolute Gasteiger partial charge is 0.415 e. The Morgan fingerprint density at radius 3 is 2.59 bits per heavy atom. The first kappa shape index (κ1) is 21.8. The summed E-state index contributed by atoms with van der Waals surface area (Å²) in [4.78, 5) is 21.5. The highest BCUT2D eigenvalue weighted by Gasteiger charge is 2.31. The summed E-state index contributed by atoms with van der Waals surface area (Å²) in [5.74, 6) is 0.307. The van der Waals surface area contributed by atoms with Crippen molar-refractivity contribution >= 4 is 55.0 Å². The normalized spacial score (nSPS) is 19.0. The molecule has 1 aliphatic carbocycles. The van der Waals surface area contributed by atoms with Gasteiger partial charge in [-0.3, -0.25) is 15.5 Å². The number of nitrogens with one attached hydrogen (secondary N) is 1. The van der Waals surface area contributed by atoms with Gasteiger partial charge in [-0.2, -0.15) is 0 Å². The highest BCUT2D eigenvalue weighted by Crippen LogP contribution is 2.35. The average Bonchev–Trinajstić information content (AvgIpc) is 2.71. The number of halogens is 2. The number of piperazine rings is 1. The van der Waals surface area contributed by atoms with E-state index in [1.165, 1.54) is 7.11 Å². The first-order valence-electron chi connectivity index (χ1n) is 9.06. The van der Waals surface area contributed by atoms with Gasteiger partial charge in [0.15, 0.2) is 0 Å². The lowest BCUT2D eigenvalue weighted by atomic mass is 10.1. The topological polar surface area (TPSA) is 77.3 Å². The molecule has 1 fully saturated rings. The Bertz CT molecular complexity index is 877. The van der Waals surface area contributed by atoms with E-state index in [-0.39, 0.29) is 0 Å². The molecular formula is C19H23Br2N4O4+. The SMILES string of the molecule is CONc1cc(Br)c(Br)cc1/[N+](O)=C1\CC=CC=C1OC(=O)N1CCN(C)CC1. The minimum absolute atomic E-state index is 0.307. The van der Waals surface area contributed by atoms with E-state index in [1.54, 1.807) is 29.2 Å². The van der Waals surface area contributed by atoms with Crippen LogP contribution in [0, 0.1) is 0 Å². The third-order valence-corrected chi connectivity index (χ3v) is 6.52. The molecule has 29 heavy (non-hydrogen) atoms. The number of likely N-dealkylation sites (N-methyl/N-ethyl adjacent to an activating group) is 1. The van der Waals surface area contributed by atoms with Gasteiger partial charge in [0, 0.05) is 45.9 Å². The maximum atomic E-state index is 12.6. The second-order valence-electron chi connectivity index (χ2n) is 6.67. The van der Waals surface area contributed by atoms with Crippen LogP contribution in [0.5, 0.6) is 0 Å². The van der Waals surface area contributed by atoms with Crippen LogP contribution in [-0.2, 0) is 9.57 Å². The van der Waals surface area contributed by atoms with Crippen molar-refractivity contribution in [2.45, 2.75) is 6.42 Å². The fourth-order valence-electron chi connectivity index (χ4n) is 3.01. The van der Waals surface area contributed by atoms with Gasteiger partial charge in [-0.25, -0.2) is 4.79 Å². The quantitative estimate of drug-likeness (QED) is 0.349. The molecule has 2 N–H and O–H groups in total. The maximum Gasteiger partial charge on any atom is 0.415 e. The zero-order valence-electron chi connectivity index (χ0n) is 16.2. The summed E-state index contributed by atoms with van der Waals surface area (Å²) in [7, 11) is 3.51. The van der Waals surface area contributed by atoms with Crippen LogP contribution in [0.3, 0.4) is 0 Å². The second-order valence-corrected chi connectivity index (χ2v) is 8.38. The van der Waals surface area contributed by atoms with Crippen LogP contribution in [-0.4, -0.2) is 71.9 Å². The van der Waals surface area contributed by atoms with Crippen molar-refractivity contribution in [1.29, 1.82) is 0 Å². The van der Waals surface area contributed by atoms with E-state index in [0.29, 0.717) is 42.4 Å². The second kappa shape index (κ2) is 9.75. The van der Waals surface area contributed by atoms with Crippen LogP contribution in [0.25, 0.3) is 0 Å². The van der Waals surface area contributed by atoms with E-state index in [9.17, 15) is 10.0 Å². The molecule has 10 heteroatoms. The molecule has 0 radical (unpaired) electrons. The highest BCUT2D eigenvalue weighted by molar-refractivity contribution is 9.13. The Morgan fingerprint density at radius 2 is 1.90 bits per heavy atom. The number of amides is 1. The van der Waals surface area contributed by atoms with Gasteiger partial charge in [-0.15, -0.1) is 0 Å². The van der Waals surface area contributed by atoms with Crippen LogP contribution in [0.4, 0.5) is 16.2 Å². The summed E-state index contributed by atoms with van der Waals surface area (Å²) in [5.41, 5.74) is 4.18. The smallest absolute Gasteiger partial charge is 0.403 e. The number of ether oxygens (including phenoxy) is 1. The average molecular weight is 531 g/mol. The number of carbonyl (C=O) groups excluding carboxylic acids is 1. The highest BCUT2D eigenvalue weighted by atomic mass is 79.9. The zero-order chi connectivity index (χ0) is 21.0. The van der Waals surface area contributed by atoms with E-state index in [4.69, 9.17) is 9.57 Å². The Morgan fingerprint density at radius 1 is 1.21 bits per heavy atom. The molecule has 0 aromatic heterocycles. The predicted octanol–water partition coefficient (Wildman–Crippen LogP) is 3.89. The molecule has 0 unspecified atom stereocenters. The van der Waals surface area contributed by atoms with Crippen LogP contribution in [0.15, 0.2) is 45.1 Å². The molecule has 0 bridgehead atoms. The molecule has 0 saturated carbocycles. The molecule has 1 aromatic carbocycles. The van der Waals surface area contributed by atoms with Gasteiger partial charge in [0.2, 0.25) is 5.76 Å². The van der Waals surface area contributed by atoms with Gasteiger partial charge in [-0.05, 0) is 51.0 Å². The van der Waals surface area contributed by atoms with Crippen molar-refractivity contribution in [2.75, 3.05) is 45.8 Å². The third kappa shape index (κ3) is 5.19. The number of nitrogens with zero attached hydrogens (tertiary/aromatic N) is 3. The molecule has 1 amide bonds. The number of benzene rings is 1. The van der Waals surface area contributed by atoms with Crippen LogP contribution in [0.2, 0.25) is 0 Å². The van der Waals surface area contributed by atoms with E-state index in [1.807, 2.05) is 13.1 Å². The van der Waals surface area contributed by atoms with Crippen LogP contribution >= 0.6 is 31.9 Å². The lowest BCUT2D eigenvalue weighted by molar-refractivity contribution is -0.713. The number of hydrogen-bond acceptors (Lipinski definition) is 6. The van der Waals surface area contributed by atoms with E-state index < -0.39 is 6.09 Å². The van der Waals surface area contributed by atoms with Crippen molar-refractivity contribution in [3.63, 3.8) is 0 Å². The Hall–Kier alpha value is -1.88. The van der Waals surface area contributed by atoms with Crippen LogP contribution < -0.4 is 5.48 Å². The molecule has 0 atom stereocenters. The molecule has 1 heterocycles. The minimum atomic E-state index is -0.419. The van der Waals surface area contributed by atoms with Gasteiger partial charge < -0.3 is 14.5 Å². The van der Waals surface area contributed by atoms with Crippen LogP contribution in [0.1, 0.15) is 6.42 Å². The molecule has 0 spiro atoms. The van der Waals surface area contributed by atoms with E-state index >= 15 is 0 Å². The lowest BCUT2D eigenvalue weighted by Gasteiger charge is -2.31. The molecule has 1 saturated heterocycles. The molecule has 8 nitrogen and oxygen atoms in total. The summed E-state index contributed by atoms with van der Waals surface area (Å²) < 4.78 is 8.19. The maximum absolute atomic E-state index is 12.6. The number of allylic oxidation sites excluding steroid dienone is 4. The first-order valence-corrected chi connectivity index (χ1v) is 10.6. The van der Waals surface area contributed by atoms with Crippen molar-refractivity contribution in [2.24, 2.45) is 0 Å². The summed E-state index contributed by atoms with van der Waals surface area (Å²) in [6.07, 6.45) is 5.34. The fourth-order valence-corrected chi connectivity index (χ4v) is 3.69. The van der Waals surface area contributed by atoms with Gasteiger partial charge in [0.05, 0.1) is 13.5 Å². The summed E-state index contributed by atoms with van der Waals surface area (Å²) in [6, 6.07) is 3.50. The van der Waals surface area contributed by atoms with Gasteiger partial charge >= 0.3 is 6.09 Å². The standard InChI is InChI=1S/C19H23Br2N4O4/c1-23-7-9-24(10-8-23)19(26)29-18-6-4-3-5-16(18)25(27)17-12-14(21)13(20)11-15(17)22-28-2/h3-4,6,11-12,22,27H,5,7-10H2,1-2H3/q+1/b25-16-.